The van der Waals surface area contributed by atoms with Crippen molar-refractivity contribution in [3.05, 3.63) is 92.3 Å². The first-order chi connectivity index (χ1) is 15.0. The molecule has 0 saturated carbocycles. The van der Waals surface area contributed by atoms with Crippen molar-refractivity contribution in [2.45, 2.75) is 39.8 Å². The normalized spacial score (nSPS) is 12.2. The summed E-state index contributed by atoms with van der Waals surface area (Å²) >= 11 is 1.57. The van der Waals surface area contributed by atoms with Gasteiger partial charge in [0.15, 0.2) is 0 Å². The number of fused-ring (bicyclic) bond motifs is 1. The van der Waals surface area contributed by atoms with E-state index in [4.69, 9.17) is 9.72 Å². The van der Waals surface area contributed by atoms with Gasteiger partial charge in [-0.15, -0.1) is 11.3 Å². The Bertz CT molecular complexity index is 1230. The van der Waals surface area contributed by atoms with Crippen molar-refractivity contribution >= 4 is 27.2 Å². The van der Waals surface area contributed by atoms with Crippen molar-refractivity contribution in [1.29, 1.82) is 0 Å². The molecule has 0 spiro atoms. The van der Waals surface area contributed by atoms with E-state index in [-0.39, 0.29) is 11.6 Å². The van der Waals surface area contributed by atoms with Gasteiger partial charge in [-0.1, -0.05) is 42.5 Å². The molecule has 0 radical (unpaired) electrons. The molecule has 0 amide bonds. The molecule has 31 heavy (non-hydrogen) atoms. The molecule has 160 valence electrons. The van der Waals surface area contributed by atoms with Gasteiger partial charge in [0.1, 0.15) is 10.7 Å². The summed E-state index contributed by atoms with van der Waals surface area (Å²) in [5.41, 5.74) is 4.29. The van der Waals surface area contributed by atoms with E-state index >= 15 is 0 Å². The van der Waals surface area contributed by atoms with Gasteiger partial charge >= 0.3 is 0 Å². The van der Waals surface area contributed by atoms with Crippen LogP contribution >= 0.6 is 11.3 Å². The molecule has 0 saturated heterocycles. The van der Waals surface area contributed by atoms with E-state index in [1.807, 2.05) is 51.1 Å². The molecule has 1 atom stereocenters. The van der Waals surface area contributed by atoms with E-state index in [2.05, 4.69) is 34.6 Å². The molecule has 0 aliphatic carbocycles. The van der Waals surface area contributed by atoms with Gasteiger partial charge in [0, 0.05) is 10.6 Å². The first-order valence-corrected chi connectivity index (χ1v) is 11.3. The summed E-state index contributed by atoms with van der Waals surface area (Å²) in [5, 5.41) is 4.15. The SMILES string of the molecule is Cc1sc2nc(C(C)Nc3cccc(COCCc4ccccc4)c3)[nH]c(=O)c2c1C. The largest absolute Gasteiger partial charge is 0.376 e. The molecule has 2 aromatic carbocycles. The Morgan fingerprint density at radius 3 is 2.68 bits per heavy atom. The summed E-state index contributed by atoms with van der Waals surface area (Å²) in [6.07, 6.45) is 0.902. The quantitative estimate of drug-likeness (QED) is 0.358. The van der Waals surface area contributed by atoms with E-state index in [0.29, 0.717) is 24.4 Å². The molecule has 0 fully saturated rings. The monoisotopic (exact) mass is 433 g/mol. The average Bonchev–Trinajstić information content (AvgIpc) is 3.06. The summed E-state index contributed by atoms with van der Waals surface area (Å²) in [4.78, 5) is 22.1. The van der Waals surface area contributed by atoms with Crippen LogP contribution in [0.4, 0.5) is 5.69 Å². The molecule has 2 N–H and O–H groups in total. The van der Waals surface area contributed by atoms with Crippen molar-refractivity contribution < 1.29 is 4.74 Å². The number of hydrogen-bond acceptors (Lipinski definition) is 5. The van der Waals surface area contributed by atoms with Gasteiger partial charge in [0.25, 0.3) is 5.56 Å². The average molecular weight is 434 g/mol. The molecule has 4 rings (SSSR count). The van der Waals surface area contributed by atoms with Crippen LogP contribution < -0.4 is 10.9 Å². The number of aromatic amines is 1. The second-order valence-electron chi connectivity index (χ2n) is 7.77. The van der Waals surface area contributed by atoms with Crippen molar-refractivity contribution in [2.75, 3.05) is 11.9 Å². The van der Waals surface area contributed by atoms with Gasteiger partial charge in [0.2, 0.25) is 0 Å². The zero-order valence-corrected chi connectivity index (χ0v) is 18.9. The van der Waals surface area contributed by atoms with Gasteiger partial charge in [-0.3, -0.25) is 4.79 Å². The number of anilines is 1. The second kappa shape index (κ2) is 9.45. The molecule has 2 aromatic heterocycles. The highest BCUT2D eigenvalue weighted by Gasteiger charge is 2.15. The Morgan fingerprint density at radius 1 is 1.10 bits per heavy atom. The van der Waals surface area contributed by atoms with Crippen LogP contribution in [-0.4, -0.2) is 16.6 Å². The lowest BCUT2D eigenvalue weighted by atomic mass is 10.1. The minimum Gasteiger partial charge on any atom is -0.376 e. The third-order valence-electron chi connectivity index (χ3n) is 5.42. The van der Waals surface area contributed by atoms with Crippen LogP contribution in [0.1, 0.15) is 40.4 Å². The minimum atomic E-state index is -0.130. The van der Waals surface area contributed by atoms with E-state index in [0.717, 1.165) is 32.9 Å². The fourth-order valence-corrected chi connectivity index (χ4v) is 4.61. The lowest BCUT2D eigenvalue weighted by molar-refractivity contribution is 0.124. The number of nitrogens with zero attached hydrogens (tertiary/aromatic N) is 1. The molecule has 0 aliphatic rings. The molecule has 2 heterocycles. The first-order valence-electron chi connectivity index (χ1n) is 10.5. The lowest BCUT2D eigenvalue weighted by Gasteiger charge is -2.15. The summed E-state index contributed by atoms with van der Waals surface area (Å²) in [7, 11) is 0. The molecule has 1 unspecified atom stereocenters. The molecule has 0 bridgehead atoms. The highest BCUT2D eigenvalue weighted by Crippen LogP contribution is 2.27. The smallest absolute Gasteiger partial charge is 0.259 e. The van der Waals surface area contributed by atoms with Crippen molar-refractivity contribution in [2.24, 2.45) is 0 Å². The van der Waals surface area contributed by atoms with Crippen molar-refractivity contribution in [1.82, 2.24) is 9.97 Å². The maximum atomic E-state index is 12.6. The highest BCUT2D eigenvalue weighted by molar-refractivity contribution is 7.18. The number of hydrogen-bond donors (Lipinski definition) is 2. The summed E-state index contributed by atoms with van der Waals surface area (Å²) in [6.45, 7) is 7.24. The summed E-state index contributed by atoms with van der Waals surface area (Å²) < 4.78 is 5.86. The minimum absolute atomic E-state index is 0.0731. The Hall–Kier alpha value is -2.96. The van der Waals surface area contributed by atoms with Gasteiger partial charge < -0.3 is 15.0 Å². The third-order valence-corrected chi connectivity index (χ3v) is 6.53. The summed E-state index contributed by atoms with van der Waals surface area (Å²) in [5.74, 6) is 0.642. The van der Waals surface area contributed by atoms with Gasteiger partial charge in [0.05, 0.1) is 24.6 Å². The number of thiophene rings is 1. The number of rotatable bonds is 8. The molecular weight excluding hydrogens is 406 g/mol. The lowest BCUT2D eigenvalue weighted by Crippen LogP contribution is -2.17. The fraction of sp³-hybridized carbons (Fsp3) is 0.280. The second-order valence-corrected chi connectivity index (χ2v) is 8.97. The highest BCUT2D eigenvalue weighted by atomic mass is 32.1. The van der Waals surface area contributed by atoms with Gasteiger partial charge in [-0.05, 0) is 56.0 Å². The van der Waals surface area contributed by atoms with Crippen LogP contribution in [0, 0.1) is 13.8 Å². The zero-order valence-electron chi connectivity index (χ0n) is 18.1. The van der Waals surface area contributed by atoms with Crippen LogP contribution in [0.15, 0.2) is 59.4 Å². The van der Waals surface area contributed by atoms with Crippen LogP contribution in [0.5, 0.6) is 0 Å². The van der Waals surface area contributed by atoms with E-state index < -0.39 is 0 Å². The maximum absolute atomic E-state index is 12.6. The van der Waals surface area contributed by atoms with E-state index in [9.17, 15) is 4.79 Å². The molecule has 5 nitrogen and oxygen atoms in total. The molecule has 0 aliphatic heterocycles. The van der Waals surface area contributed by atoms with E-state index in [1.54, 1.807) is 11.3 Å². The number of aryl methyl sites for hydroxylation is 2. The number of nitrogens with one attached hydrogen (secondary N) is 2. The summed E-state index contributed by atoms with van der Waals surface area (Å²) in [6, 6.07) is 18.4. The van der Waals surface area contributed by atoms with Crippen molar-refractivity contribution in [3.63, 3.8) is 0 Å². The molecular formula is C25H27N3O2S. The predicted octanol–water partition coefficient (Wildman–Crippen LogP) is 5.53. The third kappa shape index (κ3) is 5.03. The Morgan fingerprint density at radius 2 is 1.87 bits per heavy atom. The maximum Gasteiger partial charge on any atom is 0.259 e. The topological polar surface area (TPSA) is 67.0 Å². The predicted molar refractivity (Wildman–Crippen MR) is 128 cm³/mol. The fourth-order valence-electron chi connectivity index (χ4n) is 3.57. The number of aromatic nitrogens is 2. The molecule has 6 heteroatoms. The number of ether oxygens (including phenoxy) is 1. The Balaban J connectivity index is 1.39. The number of H-pyrrole nitrogens is 1. The van der Waals surface area contributed by atoms with Crippen molar-refractivity contribution in [3.8, 4) is 0 Å². The molecule has 4 aromatic rings. The van der Waals surface area contributed by atoms with Gasteiger partial charge in [-0.2, -0.15) is 0 Å². The Labute approximate surface area is 186 Å². The van der Waals surface area contributed by atoms with Gasteiger partial charge in [-0.25, -0.2) is 4.98 Å². The first kappa shape index (κ1) is 21.3. The van der Waals surface area contributed by atoms with Crippen LogP contribution in [0.3, 0.4) is 0 Å². The zero-order chi connectivity index (χ0) is 21.8. The van der Waals surface area contributed by atoms with E-state index in [1.165, 1.54) is 5.56 Å². The standard InChI is InChI=1S/C25H27N3O2S/c1-16-18(3)31-25-22(16)24(29)27-23(28-25)17(2)26-21-11-7-10-20(14-21)15-30-13-12-19-8-5-4-6-9-19/h4-11,14,17,26H,12-13,15H2,1-3H3,(H,27,28,29). The Kier molecular flexibility index (Phi) is 6.49. The van der Waals surface area contributed by atoms with Crippen LogP contribution in [-0.2, 0) is 17.8 Å². The van der Waals surface area contributed by atoms with Crippen LogP contribution in [0.2, 0.25) is 0 Å². The van der Waals surface area contributed by atoms with Crippen LogP contribution in [0.25, 0.3) is 10.2 Å². The number of benzene rings is 2.